The Bertz CT molecular complexity index is 1010. The predicted molar refractivity (Wildman–Crippen MR) is 106 cm³/mol. The number of benzene rings is 2. The first-order valence-electron chi connectivity index (χ1n) is 8.12. The normalized spacial score (nSPS) is 11.1. The molecule has 0 fully saturated rings. The maximum absolute atomic E-state index is 6.28. The van der Waals surface area contributed by atoms with E-state index in [1.54, 1.807) is 18.0 Å². The van der Waals surface area contributed by atoms with Crippen molar-refractivity contribution in [3.63, 3.8) is 0 Å². The lowest BCUT2D eigenvalue weighted by Gasteiger charge is -2.09. The third-order valence-corrected chi connectivity index (χ3v) is 5.72. The smallest absolute Gasteiger partial charge is 0.0512 e. The summed E-state index contributed by atoms with van der Waals surface area (Å²) in [5, 5.41) is 1.99. The van der Waals surface area contributed by atoms with Crippen molar-refractivity contribution in [3.8, 4) is 0 Å². The van der Waals surface area contributed by atoms with Crippen molar-refractivity contribution in [2.45, 2.75) is 23.3 Å². The van der Waals surface area contributed by atoms with E-state index in [0.717, 1.165) is 17.1 Å². The Hall–Kier alpha value is -2.23. The summed E-state index contributed by atoms with van der Waals surface area (Å²) in [6.07, 6.45) is 3.72. The van der Waals surface area contributed by atoms with Gasteiger partial charge in [0, 0.05) is 44.8 Å². The summed E-state index contributed by atoms with van der Waals surface area (Å²) in [6.45, 7) is 2.96. The maximum atomic E-state index is 6.28. The van der Waals surface area contributed by atoms with Gasteiger partial charge in [0.2, 0.25) is 0 Å². The summed E-state index contributed by atoms with van der Waals surface area (Å²) in [5.41, 5.74) is 3.58. The van der Waals surface area contributed by atoms with Gasteiger partial charge in [-0.3, -0.25) is 4.98 Å². The highest BCUT2D eigenvalue weighted by molar-refractivity contribution is 7.99. The van der Waals surface area contributed by atoms with Crippen molar-refractivity contribution in [2.75, 3.05) is 0 Å². The molecule has 2 heterocycles. The zero-order valence-corrected chi connectivity index (χ0v) is 15.4. The molecule has 0 saturated heterocycles. The lowest BCUT2D eigenvalue weighted by Crippen LogP contribution is -2.02. The molecule has 0 amide bonds. The Morgan fingerprint density at radius 1 is 1.04 bits per heavy atom. The van der Waals surface area contributed by atoms with Gasteiger partial charge in [-0.25, -0.2) is 0 Å². The van der Waals surface area contributed by atoms with E-state index in [9.17, 15) is 0 Å². The number of hydrogen-bond donors (Lipinski definition) is 0. The minimum absolute atomic E-state index is 0.758. The lowest BCUT2D eigenvalue weighted by atomic mass is 10.2. The highest BCUT2D eigenvalue weighted by Gasteiger charge is 2.16. The highest BCUT2D eigenvalue weighted by Crippen LogP contribution is 2.39. The molecule has 0 radical (unpaired) electrons. The summed E-state index contributed by atoms with van der Waals surface area (Å²) in [7, 11) is 0. The van der Waals surface area contributed by atoms with Gasteiger partial charge in [0.1, 0.15) is 0 Å². The van der Waals surface area contributed by atoms with E-state index in [1.807, 2.05) is 24.4 Å². The van der Waals surface area contributed by atoms with Crippen LogP contribution < -0.4 is 0 Å². The molecule has 4 heteroatoms. The second kappa shape index (κ2) is 6.95. The van der Waals surface area contributed by atoms with Crippen LogP contribution in [0.25, 0.3) is 10.9 Å². The minimum Gasteiger partial charge on any atom is -0.339 e. The first kappa shape index (κ1) is 16.2. The second-order valence-corrected chi connectivity index (χ2v) is 7.46. The molecule has 0 saturated carbocycles. The lowest BCUT2D eigenvalue weighted by molar-refractivity contribution is 0.790. The molecule has 0 spiro atoms. The maximum Gasteiger partial charge on any atom is 0.0512 e. The standard InChI is InChI=1S/C21H17ClN2S/c1-15-21(25-18-7-3-2-4-8-18)19-10-9-17(22)12-20(19)24(15)14-16-6-5-11-23-13-16/h2-13H,14H2,1H3. The molecular formula is C21H17ClN2S. The van der Waals surface area contributed by atoms with Crippen LogP contribution >= 0.6 is 23.4 Å². The third-order valence-electron chi connectivity index (χ3n) is 4.26. The van der Waals surface area contributed by atoms with E-state index in [0.29, 0.717) is 0 Å². The van der Waals surface area contributed by atoms with Crippen LogP contribution in [0.5, 0.6) is 0 Å². The summed E-state index contributed by atoms with van der Waals surface area (Å²) in [6, 6.07) is 20.7. The summed E-state index contributed by atoms with van der Waals surface area (Å²) < 4.78 is 2.32. The Morgan fingerprint density at radius 2 is 1.88 bits per heavy atom. The highest BCUT2D eigenvalue weighted by atomic mass is 35.5. The first-order chi connectivity index (χ1) is 12.2. The van der Waals surface area contributed by atoms with Crippen LogP contribution in [0, 0.1) is 6.92 Å². The largest absolute Gasteiger partial charge is 0.339 e. The molecule has 2 nitrogen and oxygen atoms in total. The van der Waals surface area contributed by atoms with E-state index in [2.05, 4.69) is 58.9 Å². The van der Waals surface area contributed by atoms with Crippen molar-refractivity contribution in [1.82, 2.24) is 9.55 Å². The zero-order valence-electron chi connectivity index (χ0n) is 13.8. The van der Waals surface area contributed by atoms with Crippen molar-refractivity contribution in [2.24, 2.45) is 0 Å². The van der Waals surface area contributed by atoms with Crippen LogP contribution in [-0.2, 0) is 6.54 Å². The van der Waals surface area contributed by atoms with Crippen LogP contribution in [-0.4, -0.2) is 9.55 Å². The summed E-state index contributed by atoms with van der Waals surface area (Å²) in [5.74, 6) is 0. The zero-order chi connectivity index (χ0) is 17.2. The number of fused-ring (bicyclic) bond motifs is 1. The summed E-state index contributed by atoms with van der Waals surface area (Å²) >= 11 is 8.08. The van der Waals surface area contributed by atoms with Gasteiger partial charge in [-0.1, -0.05) is 53.7 Å². The molecule has 4 aromatic rings. The quantitative estimate of drug-likeness (QED) is 0.429. The molecule has 25 heavy (non-hydrogen) atoms. The van der Waals surface area contributed by atoms with Gasteiger partial charge < -0.3 is 4.57 Å². The topological polar surface area (TPSA) is 17.8 Å². The number of nitrogens with zero attached hydrogens (tertiary/aromatic N) is 2. The van der Waals surface area contributed by atoms with Gasteiger partial charge >= 0.3 is 0 Å². The Morgan fingerprint density at radius 3 is 2.64 bits per heavy atom. The molecule has 2 aromatic carbocycles. The fourth-order valence-electron chi connectivity index (χ4n) is 3.03. The van der Waals surface area contributed by atoms with Crippen molar-refractivity contribution in [1.29, 1.82) is 0 Å². The molecule has 0 N–H and O–H groups in total. The molecule has 0 atom stereocenters. The van der Waals surface area contributed by atoms with Crippen molar-refractivity contribution in [3.05, 3.63) is 89.3 Å². The average Bonchev–Trinajstić information content (AvgIpc) is 2.89. The van der Waals surface area contributed by atoms with Gasteiger partial charge in [-0.15, -0.1) is 0 Å². The second-order valence-electron chi connectivity index (χ2n) is 5.94. The van der Waals surface area contributed by atoms with E-state index < -0.39 is 0 Å². The average molecular weight is 365 g/mol. The minimum atomic E-state index is 0.758. The fourth-order valence-corrected chi connectivity index (χ4v) is 4.27. The monoisotopic (exact) mass is 364 g/mol. The molecular weight excluding hydrogens is 348 g/mol. The number of halogens is 1. The molecule has 0 aliphatic carbocycles. The third kappa shape index (κ3) is 3.30. The molecule has 0 unspecified atom stereocenters. The van der Waals surface area contributed by atoms with E-state index in [1.165, 1.54) is 26.4 Å². The molecule has 0 aliphatic rings. The molecule has 0 bridgehead atoms. The van der Waals surface area contributed by atoms with Crippen LogP contribution in [0.2, 0.25) is 5.02 Å². The summed E-state index contributed by atoms with van der Waals surface area (Å²) in [4.78, 5) is 6.75. The number of rotatable bonds is 4. The molecule has 2 aromatic heterocycles. The van der Waals surface area contributed by atoms with E-state index in [-0.39, 0.29) is 0 Å². The van der Waals surface area contributed by atoms with E-state index in [4.69, 9.17) is 11.6 Å². The van der Waals surface area contributed by atoms with Gasteiger partial charge in [-0.05, 0) is 42.8 Å². The van der Waals surface area contributed by atoms with Crippen LogP contribution in [0.15, 0.2) is 82.8 Å². The predicted octanol–water partition coefficient (Wildman–Crippen LogP) is 6.20. The molecule has 0 aliphatic heterocycles. The van der Waals surface area contributed by atoms with E-state index >= 15 is 0 Å². The Labute approximate surface area is 156 Å². The first-order valence-corrected chi connectivity index (χ1v) is 9.32. The number of pyridine rings is 1. The van der Waals surface area contributed by atoms with Gasteiger partial charge in [0.25, 0.3) is 0 Å². The van der Waals surface area contributed by atoms with Crippen LogP contribution in [0.3, 0.4) is 0 Å². The Kier molecular flexibility index (Phi) is 4.51. The molecule has 4 rings (SSSR count). The van der Waals surface area contributed by atoms with Gasteiger partial charge in [0.15, 0.2) is 0 Å². The van der Waals surface area contributed by atoms with Gasteiger partial charge in [0.05, 0.1) is 5.52 Å². The van der Waals surface area contributed by atoms with Crippen LogP contribution in [0.4, 0.5) is 0 Å². The SMILES string of the molecule is Cc1c(Sc2ccccc2)c2ccc(Cl)cc2n1Cc1cccnc1. The number of hydrogen-bond acceptors (Lipinski definition) is 2. The van der Waals surface area contributed by atoms with Crippen LogP contribution in [0.1, 0.15) is 11.3 Å². The van der Waals surface area contributed by atoms with Crippen molar-refractivity contribution < 1.29 is 0 Å². The van der Waals surface area contributed by atoms with Gasteiger partial charge in [-0.2, -0.15) is 0 Å². The molecule has 124 valence electrons. The van der Waals surface area contributed by atoms with Crippen molar-refractivity contribution >= 4 is 34.3 Å². The number of aromatic nitrogens is 2. The Balaban J connectivity index is 1.84. The fraction of sp³-hybridized carbons (Fsp3) is 0.0952.